The molecule has 4 heteroatoms. The molecule has 1 aromatic carbocycles. The summed E-state index contributed by atoms with van der Waals surface area (Å²) in [5, 5.41) is 0. The largest absolute Gasteiger partial charge is 0.368 e. The summed E-state index contributed by atoms with van der Waals surface area (Å²) in [7, 11) is 0. The van der Waals surface area contributed by atoms with Crippen LogP contribution in [0.25, 0.3) is 0 Å². The number of benzene rings is 1. The second kappa shape index (κ2) is 7.35. The molecule has 2 fully saturated rings. The van der Waals surface area contributed by atoms with E-state index in [0.717, 1.165) is 39.0 Å². The van der Waals surface area contributed by atoms with Gasteiger partial charge in [-0.2, -0.15) is 0 Å². The first kappa shape index (κ1) is 16.3. The van der Waals surface area contributed by atoms with Crippen molar-refractivity contribution in [1.82, 2.24) is 4.90 Å². The van der Waals surface area contributed by atoms with Crippen LogP contribution in [0.4, 0.5) is 5.69 Å². The molecule has 0 spiro atoms. The summed E-state index contributed by atoms with van der Waals surface area (Å²) in [6.07, 6.45) is 5.30. The number of nitrogens with two attached hydrogens (primary N) is 1. The summed E-state index contributed by atoms with van der Waals surface area (Å²) in [5.41, 5.74) is 8.80. The maximum Gasteiger partial charge on any atom is 0.223 e. The van der Waals surface area contributed by atoms with Gasteiger partial charge in [-0.3, -0.25) is 4.79 Å². The summed E-state index contributed by atoms with van der Waals surface area (Å²) >= 11 is 0. The van der Waals surface area contributed by atoms with E-state index < -0.39 is 0 Å². The smallest absolute Gasteiger partial charge is 0.223 e. The average Bonchev–Trinajstić information content (AvgIpc) is 2.57. The second-order valence-electron chi connectivity index (χ2n) is 7.07. The fourth-order valence-electron chi connectivity index (χ4n) is 3.96. The topological polar surface area (TPSA) is 49.6 Å². The summed E-state index contributed by atoms with van der Waals surface area (Å²) in [6, 6.07) is 8.71. The zero-order chi connectivity index (χ0) is 16.2. The predicted octanol–water partition coefficient (Wildman–Crippen LogP) is 2.55. The summed E-state index contributed by atoms with van der Waals surface area (Å²) in [6.45, 7) is 5.65. The van der Waals surface area contributed by atoms with E-state index in [2.05, 4.69) is 36.1 Å². The number of anilines is 1. The third-order valence-corrected chi connectivity index (χ3v) is 5.49. The Hall–Kier alpha value is -1.55. The third-order valence-electron chi connectivity index (χ3n) is 5.49. The minimum atomic E-state index is 0.223. The third kappa shape index (κ3) is 3.86. The van der Waals surface area contributed by atoms with Crippen molar-refractivity contribution in [1.29, 1.82) is 0 Å². The van der Waals surface area contributed by atoms with E-state index in [-0.39, 0.29) is 6.04 Å². The van der Waals surface area contributed by atoms with Crippen molar-refractivity contribution in [2.24, 2.45) is 11.7 Å². The van der Waals surface area contributed by atoms with Crippen LogP contribution in [0.5, 0.6) is 0 Å². The number of carbonyl (C=O) groups is 1. The van der Waals surface area contributed by atoms with Gasteiger partial charge < -0.3 is 15.5 Å². The molecule has 0 bridgehead atoms. The van der Waals surface area contributed by atoms with Crippen LogP contribution in [0.2, 0.25) is 0 Å². The van der Waals surface area contributed by atoms with Crippen LogP contribution in [0.3, 0.4) is 0 Å². The molecule has 1 amide bonds. The normalized spacial score (nSPS) is 25.5. The lowest BCUT2D eigenvalue weighted by Gasteiger charge is -2.38. The van der Waals surface area contributed by atoms with Crippen LogP contribution in [0.1, 0.15) is 37.7 Å². The van der Waals surface area contributed by atoms with E-state index in [0.29, 0.717) is 18.2 Å². The van der Waals surface area contributed by atoms with E-state index in [1.54, 1.807) is 0 Å². The first-order valence-corrected chi connectivity index (χ1v) is 8.99. The van der Waals surface area contributed by atoms with Gasteiger partial charge in [0, 0.05) is 44.3 Å². The number of rotatable bonds is 3. The Morgan fingerprint density at radius 3 is 2.52 bits per heavy atom. The highest BCUT2D eigenvalue weighted by molar-refractivity contribution is 5.77. The molecule has 1 heterocycles. The predicted molar refractivity (Wildman–Crippen MR) is 94.5 cm³/mol. The van der Waals surface area contributed by atoms with Crippen molar-refractivity contribution in [3.63, 3.8) is 0 Å². The van der Waals surface area contributed by atoms with E-state index in [1.165, 1.54) is 24.1 Å². The van der Waals surface area contributed by atoms with Crippen LogP contribution in [0.15, 0.2) is 24.3 Å². The second-order valence-corrected chi connectivity index (χ2v) is 7.07. The number of aryl methyl sites for hydroxylation is 1. The number of hydrogen-bond acceptors (Lipinski definition) is 3. The number of para-hydroxylation sites is 1. The van der Waals surface area contributed by atoms with Gasteiger partial charge in [-0.1, -0.05) is 31.0 Å². The SMILES string of the molecule is Cc1ccccc1N1CCN(C(=O)CC2CCCCC2N)CC1. The number of carbonyl (C=O) groups excluding carboxylic acids is 1. The molecule has 4 nitrogen and oxygen atoms in total. The maximum absolute atomic E-state index is 12.6. The molecule has 1 aliphatic heterocycles. The molecule has 0 aromatic heterocycles. The van der Waals surface area contributed by atoms with Gasteiger partial charge in [0.1, 0.15) is 0 Å². The van der Waals surface area contributed by atoms with Crippen molar-refractivity contribution in [3.05, 3.63) is 29.8 Å². The number of piperazine rings is 1. The molecule has 0 radical (unpaired) electrons. The van der Waals surface area contributed by atoms with E-state index in [1.807, 2.05) is 4.90 Å². The van der Waals surface area contributed by atoms with Crippen molar-refractivity contribution >= 4 is 11.6 Å². The molecule has 2 unspecified atom stereocenters. The molecule has 126 valence electrons. The lowest BCUT2D eigenvalue weighted by atomic mass is 9.82. The molecule has 1 aromatic rings. The number of nitrogens with zero attached hydrogens (tertiary/aromatic N) is 2. The van der Waals surface area contributed by atoms with Gasteiger partial charge >= 0.3 is 0 Å². The Balaban J connectivity index is 1.52. The molecule has 2 N–H and O–H groups in total. The van der Waals surface area contributed by atoms with Crippen LogP contribution in [-0.4, -0.2) is 43.0 Å². The Labute approximate surface area is 139 Å². The lowest BCUT2D eigenvalue weighted by Crippen LogP contribution is -2.50. The lowest BCUT2D eigenvalue weighted by molar-refractivity contribution is -0.132. The highest BCUT2D eigenvalue weighted by Gasteiger charge is 2.28. The summed E-state index contributed by atoms with van der Waals surface area (Å²) in [4.78, 5) is 17.0. The molecule has 3 rings (SSSR count). The van der Waals surface area contributed by atoms with E-state index >= 15 is 0 Å². The molecule has 2 aliphatic rings. The molecular formula is C19H29N3O. The number of amides is 1. The quantitative estimate of drug-likeness (QED) is 0.932. The van der Waals surface area contributed by atoms with Crippen LogP contribution in [0, 0.1) is 12.8 Å². The first-order chi connectivity index (χ1) is 11.1. The fourth-order valence-corrected chi connectivity index (χ4v) is 3.96. The van der Waals surface area contributed by atoms with Crippen LogP contribution >= 0.6 is 0 Å². The van der Waals surface area contributed by atoms with Crippen LogP contribution < -0.4 is 10.6 Å². The maximum atomic E-state index is 12.6. The zero-order valence-electron chi connectivity index (χ0n) is 14.2. The highest BCUT2D eigenvalue weighted by atomic mass is 16.2. The van der Waals surface area contributed by atoms with Gasteiger partial charge in [-0.15, -0.1) is 0 Å². The van der Waals surface area contributed by atoms with Gasteiger partial charge in [0.15, 0.2) is 0 Å². The van der Waals surface area contributed by atoms with E-state index in [4.69, 9.17) is 5.73 Å². The van der Waals surface area contributed by atoms with Crippen molar-refractivity contribution in [2.45, 2.75) is 45.1 Å². The molecular weight excluding hydrogens is 286 g/mol. The number of hydrogen-bond donors (Lipinski definition) is 1. The van der Waals surface area contributed by atoms with Crippen molar-refractivity contribution in [3.8, 4) is 0 Å². The Morgan fingerprint density at radius 2 is 1.83 bits per heavy atom. The Bertz CT molecular complexity index is 537. The van der Waals surface area contributed by atoms with Gasteiger partial charge in [0.2, 0.25) is 5.91 Å². The monoisotopic (exact) mass is 315 g/mol. The molecule has 1 saturated heterocycles. The minimum absolute atomic E-state index is 0.223. The van der Waals surface area contributed by atoms with Crippen molar-refractivity contribution < 1.29 is 4.79 Å². The molecule has 1 aliphatic carbocycles. The minimum Gasteiger partial charge on any atom is -0.368 e. The standard InChI is InChI=1S/C19H29N3O/c1-15-6-2-5-9-18(15)21-10-12-22(13-11-21)19(23)14-16-7-3-4-8-17(16)20/h2,5-6,9,16-17H,3-4,7-8,10-14,20H2,1H3. The van der Waals surface area contributed by atoms with Gasteiger partial charge in [0.05, 0.1) is 0 Å². The molecule has 23 heavy (non-hydrogen) atoms. The Morgan fingerprint density at radius 1 is 1.13 bits per heavy atom. The average molecular weight is 315 g/mol. The van der Waals surface area contributed by atoms with Gasteiger partial charge in [-0.25, -0.2) is 0 Å². The van der Waals surface area contributed by atoms with Crippen LogP contribution in [-0.2, 0) is 4.79 Å². The summed E-state index contributed by atoms with van der Waals surface area (Å²) < 4.78 is 0. The first-order valence-electron chi connectivity index (χ1n) is 8.99. The zero-order valence-corrected chi connectivity index (χ0v) is 14.2. The molecule has 2 atom stereocenters. The highest BCUT2D eigenvalue weighted by Crippen LogP contribution is 2.27. The molecule has 1 saturated carbocycles. The van der Waals surface area contributed by atoms with Crippen molar-refractivity contribution in [2.75, 3.05) is 31.1 Å². The summed E-state index contributed by atoms with van der Waals surface area (Å²) in [5.74, 6) is 0.697. The van der Waals surface area contributed by atoms with Gasteiger partial charge in [0.25, 0.3) is 0 Å². The Kier molecular flexibility index (Phi) is 5.21. The van der Waals surface area contributed by atoms with E-state index in [9.17, 15) is 4.79 Å². The fraction of sp³-hybridized carbons (Fsp3) is 0.632. The van der Waals surface area contributed by atoms with Gasteiger partial charge in [-0.05, 0) is 37.3 Å².